The molecule has 2 aromatic heterocycles. The van der Waals surface area contributed by atoms with Crippen LogP contribution < -0.4 is 14.2 Å². The van der Waals surface area contributed by atoms with Crippen LogP contribution in [0.4, 0.5) is 0 Å². The lowest BCUT2D eigenvalue weighted by molar-refractivity contribution is 0.171. The molecule has 3 heterocycles. The fourth-order valence-corrected chi connectivity index (χ4v) is 4.60. The predicted octanol–water partition coefficient (Wildman–Crippen LogP) is 2.79. The summed E-state index contributed by atoms with van der Waals surface area (Å²) in [5.41, 5.74) is 0.841. The SMILES string of the molecule is O=S(=O)(NCC(O)c1cc(-c2ccco2)cs1)c1ccc2c(c1)OCCO2. The standard InChI is InChI=1S/C18H17NO6S2/c20-14(18-8-12(11-26-18)15-2-1-5-23-15)10-19-27(21,22)13-3-4-16-17(9-13)25-7-6-24-16/h1-5,8-9,11,14,19-20H,6-7,10H2. The van der Waals surface area contributed by atoms with E-state index in [9.17, 15) is 13.5 Å². The van der Waals surface area contributed by atoms with Gasteiger partial charge >= 0.3 is 0 Å². The van der Waals surface area contributed by atoms with Crippen LogP contribution in [0, 0.1) is 0 Å². The molecule has 0 fully saturated rings. The van der Waals surface area contributed by atoms with Crippen LogP contribution in [-0.2, 0) is 10.0 Å². The first-order valence-electron chi connectivity index (χ1n) is 8.22. The summed E-state index contributed by atoms with van der Waals surface area (Å²) in [6.07, 6.45) is 0.607. The highest BCUT2D eigenvalue weighted by molar-refractivity contribution is 7.89. The number of ether oxygens (including phenoxy) is 2. The second-order valence-corrected chi connectivity index (χ2v) is 8.60. The van der Waals surface area contributed by atoms with E-state index in [4.69, 9.17) is 13.9 Å². The Kier molecular flexibility index (Phi) is 4.92. The Hall–Kier alpha value is -2.33. The van der Waals surface area contributed by atoms with Crippen molar-refractivity contribution in [1.29, 1.82) is 0 Å². The number of aliphatic hydroxyl groups excluding tert-OH is 1. The number of benzene rings is 1. The van der Waals surface area contributed by atoms with Crippen molar-refractivity contribution in [3.63, 3.8) is 0 Å². The van der Waals surface area contributed by atoms with Crippen molar-refractivity contribution < 1.29 is 27.4 Å². The quantitative estimate of drug-likeness (QED) is 0.652. The van der Waals surface area contributed by atoms with E-state index in [1.54, 1.807) is 24.5 Å². The zero-order valence-corrected chi connectivity index (χ0v) is 15.8. The second kappa shape index (κ2) is 7.35. The van der Waals surface area contributed by atoms with E-state index in [1.165, 1.54) is 23.5 Å². The maximum atomic E-state index is 12.5. The van der Waals surface area contributed by atoms with Gasteiger partial charge in [0.25, 0.3) is 0 Å². The van der Waals surface area contributed by atoms with Crippen LogP contribution >= 0.6 is 11.3 Å². The molecule has 1 atom stereocenters. The summed E-state index contributed by atoms with van der Waals surface area (Å²) >= 11 is 1.34. The van der Waals surface area contributed by atoms with Crippen LogP contribution in [0.3, 0.4) is 0 Å². The monoisotopic (exact) mass is 407 g/mol. The van der Waals surface area contributed by atoms with Crippen molar-refractivity contribution in [2.75, 3.05) is 19.8 Å². The number of nitrogens with one attached hydrogen (secondary N) is 1. The van der Waals surface area contributed by atoms with E-state index in [0.29, 0.717) is 35.4 Å². The minimum Gasteiger partial charge on any atom is -0.486 e. The van der Waals surface area contributed by atoms with Gasteiger partial charge < -0.3 is 19.0 Å². The normalized spacial score (nSPS) is 14.9. The highest BCUT2D eigenvalue weighted by atomic mass is 32.2. The van der Waals surface area contributed by atoms with Crippen LogP contribution in [0.15, 0.2) is 57.4 Å². The number of fused-ring (bicyclic) bond motifs is 1. The van der Waals surface area contributed by atoms with E-state index in [-0.39, 0.29) is 11.4 Å². The average molecular weight is 407 g/mol. The number of sulfonamides is 1. The van der Waals surface area contributed by atoms with Gasteiger partial charge in [-0.25, -0.2) is 13.1 Å². The molecule has 142 valence electrons. The fraction of sp³-hybridized carbons (Fsp3) is 0.222. The molecule has 3 aromatic rings. The van der Waals surface area contributed by atoms with Gasteiger partial charge in [0.05, 0.1) is 11.2 Å². The summed E-state index contributed by atoms with van der Waals surface area (Å²) in [4.78, 5) is 0.702. The lowest BCUT2D eigenvalue weighted by Gasteiger charge is -2.19. The molecule has 1 aliphatic rings. The van der Waals surface area contributed by atoms with Gasteiger partial charge in [-0.15, -0.1) is 11.3 Å². The lowest BCUT2D eigenvalue weighted by atomic mass is 10.2. The third-order valence-electron chi connectivity index (χ3n) is 4.04. The Bertz CT molecular complexity index is 1030. The number of hydrogen-bond donors (Lipinski definition) is 2. The van der Waals surface area contributed by atoms with E-state index in [1.807, 2.05) is 11.4 Å². The smallest absolute Gasteiger partial charge is 0.240 e. The van der Waals surface area contributed by atoms with E-state index in [0.717, 1.165) is 5.56 Å². The Morgan fingerprint density at radius 3 is 2.74 bits per heavy atom. The first-order valence-corrected chi connectivity index (χ1v) is 10.6. The second-order valence-electron chi connectivity index (χ2n) is 5.89. The minimum atomic E-state index is -3.79. The van der Waals surface area contributed by atoms with Crippen molar-refractivity contribution in [2.24, 2.45) is 0 Å². The summed E-state index contributed by atoms with van der Waals surface area (Å²) in [7, 11) is -3.79. The molecule has 0 radical (unpaired) electrons. The van der Waals surface area contributed by atoms with Gasteiger partial charge in [-0.2, -0.15) is 0 Å². The first-order chi connectivity index (χ1) is 13.0. The van der Waals surface area contributed by atoms with Gasteiger partial charge in [0, 0.05) is 28.4 Å². The molecule has 27 heavy (non-hydrogen) atoms. The topological polar surface area (TPSA) is 98.0 Å². The Labute approximate surface area is 160 Å². The summed E-state index contributed by atoms with van der Waals surface area (Å²) in [5, 5.41) is 12.2. The molecule has 0 amide bonds. The summed E-state index contributed by atoms with van der Waals surface area (Å²) in [6.45, 7) is 0.665. The third kappa shape index (κ3) is 3.86. The maximum absolute atomic E-state index is 12.5. The van der Waals surface area contributed by atoms with Gasteiger partial charge in [-0.1, -0.05) is 0 Å². The van der Waals surface area contributed by atoms with Crippen molar-refractivity contribution in [1.82, 2.24) is 4.72 Å². The maximum Gasteiger partial charge on any atom is 0.240 e. The molecular weight excluding hydrogens is 390 g/mol. The zero-order chi connectivity index (χ0) is 18.9. The van der Waals surface area contributed by atoms with E-state index in [2.05, 4.69) is 4.72 Å². The first kappa shape index (κ1) is 18.1. The fourth-order valence-electron chi connectivity index (χ4n) is 2.66. The van der Waals surface area contributed by atoms with Gasteiger partial charge in [0.15, 0.2) is 11.5 Å². The van der Waals surface area contributed by atoms with Gasteiger partial charge in [0.1, 0.15) is 25.1 Å². The molecule has 2 N–H and O–H groups in total. The van der Waals surface area contributed by atoms with Gasteiger partial charge in [-0.3, -0.25) is 0 Å². The van der Waals surface area contributed by atoms with Crippen LogP contribution in [0.25, 0.3) is 11.3 Å². The molecule has 0 spiro atoms. The Balaban J connectivity index is 1.44. The molecule has 0 aliphatic carbocycles. The number of aliphatic hydroxyl groups is 1. The summed E-state index contributed by atoms with van der Waals surface area (Å²) < 4.78 is 43.6. The molecule has 1 aromatic carbocycles. The molecule has 9 heteroatoms. The molecule has 1 unspecified atom stereocenters. The van der Waals surface area contributed by atoms with Gasteiger partial charge in [-0.05, 0) is 30.3 Å². The molecule has 1 aliphatic heterocycles. The molecule has 0 bridgehead atoms. The van der Waals surface area contributed by atoms with Crippen LogP contribution in [0.5, 0.6) is 11.5 Å². The zero-order valence-electron chi connectivity index (χ0n) is 14.1. The van der Waals surface area contributed by atoms with Crippen LogP contribution in [0.2, 0.25) is 0 Å². The van der Waals surface area contributed by atoms with Crippen molar-refractivity contribution in [3.8, 4) is 22.8 Å². The largest absolute Gasteiger partial charge is 0.486 e. The molecular formula is C18H17NO6S2. The highest BCUT2D eigenvalue weighted by Gasteiger charge is 2.21. The van der Waals surface area contributed by atoms with Gasteiger partial charge in [0.2, 0.25) is 10.0 Å². The molecule has 7 nitrogen and oxygen atoms in total. The Morgan fingerprint density at radius 1 is 1.15 bits per heavy atom. The van der Waals surface area contributed by atoms with E-state index < -0.39 is 16.1 Å². The number of thiophene rings is 1. The average Bonchev–Trinajstić information content (AvgIpc) is 3.37. The van der Waals surface area contributed by atoms with Crippen molar-refractivity contribution in [2.45, 2.75) is 11.0 Å². The number of rotatable bonds is 6. The Morgan fingerprint density at radius 2 is 1.96 bits per heavy atom. The van der Waals surface area contributed by atoms with Crippen molar-refractivity contribution >= 4 is 21.4 Å². The number of hydrogen-bond acceptors (Lipinski definition) is 7. The lowest BCUT2D eigenvalue weighted by Crippen LogP contribution is -2.28. The van der Waals surface area contributed by atoms with Crippen LogP contribution in [-0.4, -0.2) is 33.3 Å². The summed E-state index contributed by atoms with van der Waals surface area (Å²) in [6, 6.07) is 9.82. The minimum absolute atomic E-state index is 0.0569. The van der Waals surface area contributed by atoms with Crippen LogP contribution in [0.1, 0.15) is 11.0 Å². The summed E-state index contributed by atoms with van der Waals surface area (Å²) in [5.74, 6) is 1.61. The number of furan rings is 1. The van der Waals surface area contributed by atoms with E-state index >= 15 is 0 Å². The molecule has 0 saturated heterocycles. The third-order valence-corrected chi connectivity index (χ3v) is 6.50. The predicted molar refractivity (Wildman–Crippen MR) is 99.6 cm³/mol. The molecule has 0 saturated carbocycles. The highest BCUT2D eigenvalue weighted by Crippen LogP contribution is 2.33. The molecule has 4 rings (SSSR count). The van der Waals surface area contributed by atoms with Crippen molar-refractivity contribution in [3.05, 3.63) is 52.9 Å².